The molecule has 0 amide bonds. The van der Waals surface area contributed by atoms with E-state index in [4.69, 9.17) is 16.0 Å². The number of halogens is 1. The van der Waals surface area contributed by atoms with Crippen molar-refractivity contribution in [3.63, 3.8) is 0 Å². The first-order valence-corrected chi connectivity index (χ1v) is 10.7. The average molecular weight is 384 g/mol. The first-order valence-electron chi connectivity index (χ1n) is 10.4. The normalized spacial score (nSPS) is 37.1. The fourth-order valence-electron chi connectivity index (χ4n) is 7.41. The van der Waals surface area contributed by atoms with Gasteiger partial charge < -0.3 is 9.73 Å². The molecule has 0 saturated heterocycles. The first-order chi connectivity index (χ1) is 12.8. The molecule has 144 valence electrons. The number of nitrogens with one attached hydrogen (secondary N) is 1. The van der Waals surface area contributed by atoms with Crippen LogP contribution in [0.5, 0.6) is 0 Å². The zero-order valence-electron chi connectivity index (χ0n) is 16.7. The van der Waals surface area contributed by atoms with Crippen molar-refractivity contribution in [3.8, 4) is 11.3 Å². The quantitative estimate of drug-likeness (QED) is 0.631. The third kappa shape index (κ3) is 3.06. The topological polar surface area (TPSA) is 25.2 Å². The van der Waals surface area contributed by atoms with E-state index >= 15 is 0 Å². The molecule has 3 heteroatoms. The molecular formula is C24H30ClNO. The Kier molecular flexibility index (Phi) is 3.88. The molecule has 6 rings (SSSR count). The van der Waals surface area contributed by atoms with Crippen molar-refractivity contribution in [3.05, 3.63) is 46.7 Å². The second-order valence-corrected chi connectivity index (χ2v) is 10.8. The van der Waals surface area contributed by atoms with E-state index in [1.165, 1.54) is 38.5 Å². The molecule has 1 aromatic carbocycles. The summed E-state index contributed by atoms with van der Waals surface area (Å²) < 4.78 is 6.20. The van der Waals surface area contributed by atoms with Gasteiger partial charge in [-0.25, -0.2) is 0 Å². The molecular weight excluding hydrogens is 354 g/mol. The van der Waals surface area contributed by atoms with Gasteiger partial charge in [-0.1, -0.05) is 37.6 Å². The van der Waals surface area contributed by atoms with Crippen LogP contribution in [-0.2, 0) is 6.54 Å². The molecule has 4 aliphatic carbocycles. The van der Waals surface area contributed by atoms with Crippen molar-refractivity contribution < 1.29 is 4.42 Å². The van der Waals surface area contributed by atoms with E-state index in [9.17, 15) is 0 Å². The summed E-state index contributed by atoms with van der Waals surface area (Å²) in [6, 6.07) is 10.2. The predicted molar refractivity (Wildman–Crippen MR) is 111 cm³/mol. The van der Waals surface area contributed by atoms with Crippen molar-refractivity contribution in [2.75, 3.05) is 0 Å². The van der Waals surface area contributed by atoms with Crippen LogP contribution in [0.15, 0.2) is 34.7 Å². The molecule has 4 saturated carbocycles. The molecule has 27 heavy (non-hydrogen) atoms. The van der Waals surface area contributed by atoms with Crippen LogP contribution < -0.4 is 5.32 Å². The second kappa shape index (κ2) is 5.87. The van der Waals surface area contributed by atoms with E-state index in [0.717, 1.165) is 40.1 Å². The summed E-state index contributed by atoms with van der Waals surface area (Å²) in [6.45, 7) is 7.92. The van der Waals surface area contributed by atoms with Crippen LogP contribution in [0.2, 0.25) is 5.02 Å². The van der Waals surface area contributed by atoms with E-state index in [1.807, 2.05) is 12.1 Å². The lowest BCUT2D eigenvalue weighted by atomic mass is 9.43. The molecule has 1 aromatic heterocycles. The summed E-state index contributed by atoms with van der Waals surface area (Å²) >= 11 is 6.28. The van der Waals surface area contributed by atoms with E-state index in [-0.39, 0.29) is 0 Å². The van der Waals surface area contributed by atoms with Crippen molar-refractivity contribution in [1.82, 2.24) is 5.32 Å². The fourth-order valence-corrected chi connectivity index (χ4v) is 7.59. The highest BCUT2D eigenvalue weighted by molar-refractivity contribution is 6.31. The van der Waals surface area contributed by atoms with Gasteiger partial charge in [-0.15, -0.1) is 0 Å². The minimum Gasteiger partial charge on any atom is -0.460 e. The lowest BCUT2D eigenvalue weighted by Gasteiger charge is -2.65. The van der Waals surface area contributed by atoms with E-state index in [0.29, 0.717) is 16.4 Å². The maximum atomic E-state index is 6.28. The Morgan fingerprint density at radius 1 is 1.04 bits per heavy atom. The largest absolute Gasteiger partial charge is 0.460 e. The molecule has 2 nitrogen and oxygen atoms in total. The Morgan fingerprint density at radius 2 is 1.78 bits per heavy atom. The van der Waals surface area contributed by atoms with Crippen molar-refractivity contribution >= 4 is 11.6 Å². The lowest BCUT2D eigenvalue weighted by molar-refractivity contribution is -0.118. The highest BCUT2D eigenvalue weighted by atomic mass is 35.5. The Bertz CT molecular complexity index is 866. The molecule has 4 bridgehead atoms. The van der Waals surface area contributed by atoms with Gasteiger partial charge >= 0.3 is 0 Å². The van der Waals surface area contributed by atoms with Gasteiger partial charge in [0.25, 0.3) is 0 Å². The summed E-state index contributed by atoms with van der Waals surface area (Å²) in [7, 11) is 0. The molecule has 4 fully saturated rings. The van der Waals surface area contributed by atoms with E-state index in [2.05, 4.69) is 44.3 Å². The second-order valence-electron chi connectivity index (χ2n) is 10.4. The molecule has 0 radical (unpaired) electrons. The zero-order valence-corrected chi connectivity index (χ0v) is 17.5. The van der Waals surface area contributed by atoms with Crippen LogP contribution in [0.4, 0.5) is 0 Å². The van der Waals surface area contributed by atoms with Crippen molar-refractivity contribution in [2.24, 2.45) is 16.7 Å². The Balaban J connectivity index is 1.34. The number of rotatable bonds is 4. The van der Waals surface area contributed by atoms with Crippen molar-refractivity contribution in [2.45, 2.75) is 71.4 Å². The Morgan fingerprint density at radius 3 is 2.48 bits per heavy atom. The van der Waals surface area contributed by atoms with Gasteiger partial charge in [0, 0.05) is 16.1 Å². The molecule has 0 spiro atoms. The van der Waals surface area contributed by atoms with Gasteiger partial charge in [0.05, 0.1) is 6.54 Å². The fraction of sp³-hybridized carbons (Fsp3) is 0.583. The van der Waals surface area contributed by atoms with Crippen LogP contribution in [0.3, 0.4) is 0 Å². The Labute approximate surface area is 167 Å². The number of hydrogen-bond acceptors (Lipinski definition) is 2. The monoisotopic (exact) mass is 383 g/mol. The van der Waals surface area contributed by atoms with E-state index < -0.39 is 0 Å². The summed E-state index contributed by atoms with van der Waals surface area (Å²) in [6.07, 6.45) is 8.29. The standard InChI is InChI=1S/C24H30ClNO/c1-16-19(5-4-6-20(16)25)21-8-7-18(27-21)12-26-24-11-17-9-22(2,14-24)13-23(3,10-17)15-24/h4-8,17,26H,9-15H2,1-3H3. The van der Waals surface area contributed by atoms with Gasteiger partial charge in [-0.05, 0) is 86.0 Å². The van der Waals surface area contributed by atoms with Crippen LogP contribution in [0.25, 0.3) is 11.3 Å². The average Bonchev–Trinajstić information content (AvgIpc) is 3.01. The zero-order chi connectivity index (χ0) is 18.9. The maximum absolute atomic E-state index is 6.28. The molecule has 2 unspecified atom stereocenters. The summed E-state index contributed by atoms with van der Waals surface area (Å²) in [5.74, 6) is 2.84. The summed E-state index contributed by atoms with van der Waals surface area (Å²) in [5.41, 5.74) is 3.54. The minimum absolute atomic E-state index is 0.307. The minimum atomic E-state index is 0.307. The Hall–Kier alpha value is -1.25. The first kappa shape index (κ1) is 17.8. The van der Waals surface area contributed by atoms with Crippen LogP contribution in [0, 0.1) is 23.7 Å². The van der Waals surface area contributed by atoms with Crippen LogP contribution in [-0.4, -0.2) is 5.54 Å². The van der Waals surface area contributed by atoms with Crippen molar-refractivity contribution in [1.29, 1.82) is 0 Å². The van der Waals surface area contributed by atoms with Gasteiger partial charge in [0.1, 0.15) is 11.5 Å². The number of furan rings is 1. The third-order valence-corrected chi connectivity index (χ3v) is 7.87. The molecule has 1 heterocycles. The molecule has 1 N–H and O–H groups in total. The van der Waals surface area contributed by atoms with Gasteiger partial charge in [-0.3, -0.25) is 0 Å². The van der Waals surface area contributed by atoms with Gasteiger partial charge in [0.15, 0.2) is 0 Å². The molecule has 2 atom stereocenters. The molecule has 0 aliphatic heterocycles. The predicted octanol–water partition coefficient (Wildman–Crippen LogP) is 6.75. The smallest absolute Gasteiger partial charge is 0.134 e. The highest BCUT2D eigenvalue weighted by Crippen LogP contribution is 2.66. The summed E-state index contributed by atoms with van der Waals surface area (Å²) in [5, 5.41) is 4.76. The number of hydrogen-bond donors (Lipinski definition) is 1. The molecule has 2 aromatic rings. The van der Waals surface area contributed by atoms with Crippen LogP contribution >= 0.6 is 11.6 Å². The van der Waals surface area contributed by atoms with E-state index in [1.54, 1.807) is 0 Å². The van der Waals surface area contributed by atoms with Gasteiger partial charge in [0.2, 0.25) is 0 Å². The number of benzene rings is 1. The highest BCUT2D eigenvalue weighted by Gasteiger charge is 2.59. The molecule has 4 aliphatic rings. The third-order valence-electron chi connectivity index (χ3n) is 7.46. The maximum Gasteiger partial charge on any atom is 0.134 e. The lowest BCUT2D eigenvalue weighted by Crippen LogP contribution is -2.63. The van der Waals surface area contributed by atoms with Gasteiger partial charge in [-0.2, -0.15) is 0 Å². The summed E-state index contributed by atoms with van der Waals surface area (Å²) in [4.78, 5) is 0. The van der Waals surface area contributed by atoms with Crippen LogP contribution in [0.1, 0.15) is 63.7 Å². The SMILES string of the molecule is Cc1c(Cl)cccc1-c1ccc(CNC23CC4CC(C)(CC(C)(C4)C2)C3)o1.